The molecule has 1 heterocycles. The van der Waals surface area contributed by atoms with E-state index in [1.165, 1.54) is 16.7 Å². The van der Waals surface area contributed by atoms with E-state index in [4.69, 9.17) is 9.05 Å². The van der Waals surface area contributed by atoms with Gasteiger partial charge in [-0.25, -0.2) is 0 Å². The first-order chi connectivity index (χ1) is 20.9. The van der Waals surface area contributed by atoms with Gasteiger partial charge in [0.05, 0.1) is 0 Å². The molecule has 1 aliphatic heterocycles. The van der Waals surface area contributed by atoms with E-state index in [0.29, 0.717) is 6.42 Å². The first-order valence-corrected chi connectivity index (χ1v) is 19.3. The van der Waals surface area contributed by atoms with Crippen molar-refractivity contribution in [1.29, 1.82) is 0 Å². The Bertz CT molecular complexity index is 1570. The molecule has 0 bridgehead atoms. The van der Waals surface area contributed by atoms with Gasteiger partial charge in [-0.1, -0.05) is 0 Å². The summed E-state index contributed by atoms with van der Waals surface area (Å²) in [5.74, 6) is 1.53. The first-order valence-electron chi connectivity index (χ1n) is 17.5. The zero-order valence-electron chi connectivity index (χ0n) is 33.0. The molecule has 0 saturated carbocycles. The first kappa shape index (κ1) is 37.5. The third kappa shape index (κ3) is 7.78. The zero-order chi connectivity index (χ0) is 35.9. The molecule has 0 amide bonds. The molecule has 3 aromatic rings. The summed E-state index contributed by atoms with van der Waals surface area (Å²) in [5.41, 5.74) is 8.37. The normalized spacial score (nSPS) is 16.7. The topological polar surface area (TPSA) is 38.7 Å². The van der Waals surface area contributed by atoms with Crippen LogP contribution in [0, 0.1) is 0 Å². The van der Waals surface area contributed by atoms with Crippen molar-refractivity contribution in [1.82, 2.24) is 0 Å². The van der Waals surface area contributed by atoms with Gasteiger partial charge in [0, 0.05) is 0 Å². The molecule has 3 nitrogen and oxygen atoms in total. The van der Waals surface area contributed by atoms with E-state index in [0.717, 1.165) is 44.6 Å². The van der Waals surface area contributed by atoms with Crippen LogP contribution in [-0.2, 0) is 38.9 Å². The van der Waals surface area contributed by atoms with E-state index < -0.39 is 7.94 Å². The van der Waals surface area contributed by atoms with E-state index in [1.807, 2.05) is 0 Å². The molecular formula is C43H65O3P. The standard InChI is InChI=1S/C43H65O3P/c1-38(2,3)29-19-20-35(32(24-29)41(10,11)12)47(44)45-36-27(22-30(39(4,5)6)25-33(36)42(13,14)15)21-28-23-31(40(7,8)9)26-34(37(28)46-47)43(16,17)18/h19-20,22-26,44,47H,21H2,1-18H3. The summed E-state index contributed by atoms with van der Waals surface area (Å²) in [6.45, 7) is 40.4. The van der Waals surface area contributed by atoms with Crippen molar-refractivity contribution in [2.45, 2.75) is 164 Å². The second-order valence-corrected chi connectivity index (χ2v) is 22.4. The molecule has 0 unspecified atom stereocenters. The molecule has 4 rings (SSSR count). The van der Waals surface area contributed by atoms with Crippen LogP contribution in [0.5, 0.6) is 11.5 Å². The van der Waals surface area contributed by atoms with Crippen LogP contribution in [-0.4, -0.2) is 4.89 Å². The third-order valence-electron chi connectivity index (χ3n) is 9.58. The Labute approximate surface area is 288 Å². The second-order valence-electron chi connectivity index (χ2n) is 20.2. The van der Waals surface area contributed by atoms with E-state index in [1.54, 1.807) is 0 Å². The van der Waals surface area contributed by atoms with Gasteiger partial charge >= 0.3 is 289 Å². The Morgan fingerprint density at radius 3 is 1.11 bits per heavy atom. The molecule has 0 aliphatic carbocycles. The quantitative estimate of drug-likeness (QED) is 0.264. The molecule has 0 aromatic heterocycles. The SMILES string of the molecule is CC(C)(C)c1ccc([PH]2(O)Oc3c(cc(C(C)(C)C)cc3C(C)(C)C)Cc3cc(C(C)(C)C)cc(C(C)(C)C)c3O2)c(C(C)(C)C)c1. The van der Waals surface area contributed by atoms with Crippen molar-refractivity contribution in [3.63, 3.8) is 0 Å². The van der Waals surface area contributed by atoms with E-state index >= 15 is 0 Å². The molecule has 0 saturated heterocycles. The van der Waals surface area contributed by atoms with Gasteiger partial charge in [-0.05, 0) is 0 Å². The van der Waals surface area contributed by atoms with Gasteiger partial charge in [-0.3, -0.25) is 0 Å². The fraction of sp³-hybridized carbons (Fsp3) is 0.581. The van der Waals surface area contributed by atoms with E-state index in [2.05, 4.69) is 167 Å². The molecule has 260 valence electrons. The zero-order valence-corrected chi connectivity index (χ0v) is 34.0. The summed E-state index contributed by atoms with van der Waals surface area (Å²) in [7, 11) is -4.18. The van der Waals surface area contributed by atoms with Crippen molar-refractivity contribution in [3.05, 3.63) is 87.0 Å². The predicted molar refractivity (Wildman–Crippen MR) is 206 cm³/mol. The Morgan fingerprint density at radius 2 is 0.787 bits per heavy atom. The predicted octanol–water partition coefficient (Wildman–Crippen LogP) is 11.6. The van der Waals surface area contributed by atoms with Crippen molar-refractivity contribution in [3.8, 4) is 11.5 Å². The number of hydrogen-bond donors (Lipinski definition) is 1. The maximum absolute atomic E-state index is 13.3. The molecule has 4 heteroatoms. The summed E-state index contributed by atoms with van der Waals surface area (Å²) in [4.78, 5) is 13.3. The van der Waals surface area contributed by atoms with Crippen molar-refractivity contribution in [2.75, 3.05) is 0 Å². The van der Waals surface area contributed by atoms with Gasteiger partial charge in [-0.2, -0.15) is 0 Å². The summed E-state index contributed by atoms with van der Waals surface area (Å²) < 4.78 is 14.4. The Hall–Kier alpha value is -2.35. The molecule has 1 aliphatic rings. The summed E-state index contributed by atoms with van der Waals surface area (Å²) in [5, 5.41) is 0.774. The fourth-order valence-electron chi connectivity index (χ4n) is 6.38. The van der Waals surface area contributed by atoms with Gasteiger partial charge in [0.1, 0.15) is 0 Å². The monoisotopic (exact) mass is 660 g/mol. The average Bonchev–Trinajstić information content (AvgIpc) is 2.85. The molecule has 0 atom stereocenters. The molecular weight excluding hydrogens is 595 g/mol. The van der Waals surface area contributed by atoms with Crippen molar-refractivity contribution < 1.29 is 13.9 Å². The molecule has 1 N–H and O–H groups in total. The van der Waals surface area contributed by atoms with Crippen LogP contribution < -0.4 is 14.4 Å². The van der Waals surface area contributed by atoms with Crippen molar-refractivity contribution in [2.24, 2.45) is 0 Å². The second kappa shape index (κ2) is 11.6. The minimum atomic E-state index is -4.18. The van der Waals surface area contributed by atoms with Crippen LogP contribution in [0.4, 0.5) is 0 Å². The Morgan fingerprint density at radius 1 is 0.447 bits per heavy atom. The van der Waals surface area contributed by atoms with E-state index in [-0.39, 0.29) is 32.5 Å². The fourth-order valence-corrected chi connectivity index (χ4v) is 8.76. The number of benzene rings is 3. The molecule has 47 heavy (non-hydrogen) atoms. The minimum absolute atomic E-state index is 0.0456. The molecule has 0 spiro atoms. The summed E-state index contributed by atoms with van der Waals surface area (Å²) >= 11 is 0. The van der Waals surface area contributed by atoms with Crippen LogP contribution >= 0.6 is 7.94 Å². The number of rotatable bonds is 1. The molecule has 0 fully saturated rings. The van der Waals surface area contributed by atoms with Crippen LogP contribution in [0.15, 0.2) is 42.5 Å². The Balaban J connectivity index is 2.22. The van der Waals surface area contributed by atoms with Crippen LogP contribution in [0.3, 0.4) is 0 Å². The summed E-state index contributed by atoms with van der Waals surface area (Å²) in [6, 6.07) is 15.8. The number of hydrogen-bond acceptors (Lipinski definition) is 3. The van der Waals surface area contributed by atoms with Crippen molar-refractivity contribution >= 4 is 13.2 Å². The van der Waals surface area contributed by atoms with Crippen LogP contribution in [0.2, 0.25) is 0 Å². The average molecular weight is 661 g/mol. The van der Waals surface area contributed by atoms with Gasteiger partial charge in [0.2, 0.25) is 0 Å². The maximum atomic E-state index is 13.3. The van der Waals surface area contributed by atoms with Gasteiger partial charge < -0.3 is 0 Å². The van der Waals surface area contributed by atoms with Gasteiger partial charge in [0.15, 0.2) is 0 Å². The summed E-state index contributed by atoms with van der Waals surface area (Å²) in [6.07, 6.45) is 0.657. The number of fused-ring (bicyclic) bond motifs is 2. The third-order valence-corrected chi connectivity index (χ3v) is 11.7. The van der Waals surface area contributed by atoms with E-state index in [9.17, 15) is 4.89 Å². The molecule has 0 radical (unpaired) electrons. The van der Waals surface area contributed by atoms with Crippen LogP contribution in [0.1, 0.15) is 169 Å². The molecule has 3 aromatic carbocycles. The Kier molecular flexibility index (Phi) is 9.27. The van der Waals surface area contributed by atoms with Gasteiger partial charge in [0.25, 0.3) is 0 Å². The van der Waals surface area contributed by atoms with Gasteiger partial charge in [-0.15, -0.1) is 0 Å². The van der Waals surface area contributed by atoms with Crippen LogP contribution in [0.25, 0.3) is 0 Å².